The summed E-state index contributed by atoms with van der Waals surface area (Å²) < 4.78 is 4.92. The predicted octanol–water partition coefficient (Wildman–Crippen LogP) is 2.61. The second kappa shape index (κ2) is 6.79. The van der Waals surface area contributed by atoms with Crippen LogP contribution in [0, 0.1) is 0 Å². The number of phenolic OH excluding ortho intramolecular Hbond substituents is 1. The highest BCUT2D eigenvalue weighted by Crippen LogP contribution is 2.19. The number of carbonyl (C=O) groups excluding carboxylic acids is 1. The van der Waals surface area contributed by atoms with Crippen LogP contribution in [0.25, 0.3) is 0 Å². The molecule has 2 rings (SSSR count). The lowest BCUT2D eigenvalue weighted by molar-refractivity contribution is -0.142. The Morgan fingerprint density at radius 3 is 2.33 bits per heavy atom. The number of nitrogens with zero attached hydrogens (tertiary/aromatic N) is 1. The van der Waals surface area contributed by atoms with E-state index in [9.17, 15) is 9.90 Å². The first-order valence-electron chi connectivity index (χ1n) is 6.75. The summed E-state index contributed by atoms with van der Waals surface area (Å²) >= 11 is 0. The molecule has 0 aliphatic rings. The maximum absolute atomic E-state index is 12.1. The van der Waals surface area contributed by atoms with E-state index in [2.05, 4.69) is 0 Å². The normalized spacial score (nSPS) is 11.7. The highest BCUT2D eigenvalue weighted by atomic mass is 16.5. The molecule has 0 fully saturated rings. The Labute approximate surface area is 124 Å². The van der Waals surface area contributed by atoms with Crippen LogP contribution in [0.3, 0.4) is 0 Å². The standard InChI is InChI=1S/C17H19NO3/c1-18(14-6-4-3-5-7-14)16(17(20)21-2)12-13-8-10-15(19)11-9-13/h3-11,16,19H,12H2,1-2H3. The first-order chi connectivity index (χ1) is 10.1. The van der Waals surface area contributed by atoms with Gasteiger partial charge in [-0.15, -0.1) is 0 Å². The molecule has 0 aliphatic carbocycles. The minimum absolute atomic E-state index is 0.213. The summed E-state index contributed by atoms with van der Waals surface area (Å²) in [6, 6.07) is 16.1. The van der Waals surface area contributed by atoms with Gasteiger partial charge in [-0.05, 0) is 29.8 Å². The van der Waals surface area contributed by atoms with Crippen molar-refractivity contribution in [1.82, 2.24) is 0 Å². The van der Waals surface area contributed by atoms with Crippen molar-refractivity contribution in [2.75, 3.05) is 19.1 Å². The molecule has 0 radical (unpaired) electrons. The topological polar surface area (TPSA) is 49.8 Å². The van der Waals surface area contributed by atoms with Gasteiger partial charge < -0.3 is 14.7 Å². The lowest BCUT2D eigenvalue weighted by Crippen LogP contribution is -2.41. The van der Waals surface area contributed by atoms with Crippen molar-refractivity contribution < 1.29 is 14.6 Å². The van der Waals surface area contributed by atoms with Crippen molar-refractivity contribution in [3.05, 3.63) is 60.2 Å². The molecule has 4 nitrogen and oxygen atoms in total. The van der Waals surface area contributed by atoms with Gasteiger partial charge in [0.1, 0.15) is 11.8 Å². The highest BCUT2D eigenvalue weighted by molar-refractivity contribution is 5.80. The van der Waals surface area contributed by atoms with Crippen LogP contribution in [0.15, 0.2) is 54.6 Å². The quantitative estimate of drug-likeness (QED) is 0.858. The third-order valence-corrected chi connectivity index (χ3v) is 3.47. The van der Waals surface area contributed by atoms with Crippen LogP contribution >= 0.6 is 0 Å². The number of esters is 1. The third kappa shape index (κ3) is 3.75. The second-order valence-electron chi connectivity index (χ2n) is 4.86. The molecule has 1 atom stereocenters. The van der Waals surface area contributed by atoms with Crippen molar-refractivity contribution in [3.63, 3.8) is 0 Å². The molecule has 1 N–H and O–H groups in total. The lowest BCUT2D eigenvalue weighted by atomic mass is 10.0. The van der Waals surface area contributed by atoms with Crippen LogP contribution in [-0.4, -0.2) is 31.3 Å². The monoisotopic (exact) mass is 285 g/mol. The largest absolute Gasteiger partial charge is 0.508 e. The van der Waals surface area contributed by atoms with E-state index in [0.717, 1.165) is 11.3 Å². The first-order valence-corrected chi connectivity index (χ1v) is 6.75. The van der Waals surface area contributed by atoms with Gasteiger partial charge in [0.25, 0.3) is 0 Å². The molecule has 4 heteroatoms. The maximum atomic E-state index is 12.1. The molecule has 2 aromatic carbocycles. The van der Waals surface area contributed by atoms with Crippen LogP contribution in [0.1, 0.15) is 5.56 Å². The molecule has 1 unspecified atom stereocenters. The molecule has 21 heavy (non-hydrogen) atoms. The van der Waals surface area contributed by atoms with Gasteiger partial charge in [0.05, 0.1) is 7.11 Å². The zero-order valence-electron chi connectivity index (χ0n) is 12.2. The molecule has 2 aromatic rings. The van der Waals surface area contributed by atoms with Gasteiger partial charge in [0.2, 0.25) is 0 Å². The molecule has 0 saturated heterocycles. The summed E-state index contributed by atoms with van der Waals surface area (Å²) in [6.07, 6.45) is 0.512. The Balaban J connectivity index is 2.22. The Morgan fingerprint density at radius 1 is 1.14 bits per heavy atom. The third-order valence-electron chi connectivity index (χ3n) is 3.47. The molecule has 0 bridgehead atoms. The minimum atomic E-state index is -0.415. The summed E-state index contributed by atoms with van der Waals surface area (Å²) in [4.78, 5) is 14.0. The number of hydrogen-bond acceptors (Lipinski definition) is 4. The maximum Gasteiger partial charge on any atom is 0.328 e. The predicted molar refractivity (Wildman–Crippen MR) is 82.5 cm³/mol. The van der Waals surface area contributed by atoms with Gasteiger partial charge in [-0.25, -0.2) is 4.79 Å². The van der Waals surface area contributed by atoms with Crippen LogP contribution in [0.2, 0.25) is 0 Å². The van der Waals surface area contributed by atoms with E-state index < -0.39 is 6.04 Å². The molecule has 0 amide bonds. The second-order valence-corrected chi connectivity index (χ2v) is 4.86. The smallest absolute Gasteiger partial charge is 0.328 e. The first kappa shape index (κ1) is 14.9. The van der Waals surface area contributed by atoms with E-state index in [0.29, 0.717) is 6.42 Å². The molecular weight excluding hydrogens is 266 g/mol. The zero-order valence-corrected chi connectivity index (χ0v) is 12.2. The van der Waals surface area contributed by atoms with Gasteiger partial charge in [-0.1, -0.05) is 30.3 Å². The number of rotatable bonds is 5. The van der Waals surface area contributed by atoms with E-state index in [4.69, 9.17) is 4.74 Å². The molecule has 110 valence electrons. The number of hydrogen-bond donors (Lipinski definition) is 1. The molecule has 0 aliphatic heterocycles. The number of benzene rings is 2. The van der Waals surface area contributed by atoms with Crippen LogP contribution < -0.4 is 4.90 Å². The lowest BCUT2D eigenvalue weighted by Gasteiger charge is -2.28. The summed E-state index contributed by atoms with van der Waals surface area (Å²) in [6.45, 7) is 0. The molecule has 0 heterocycles. The Bertz CT molecular complexity index is 581. The average molecular weight is 285 g/mol. The van der Waals surface area contributed by atoms with Crippen LogP contribution in [0.5, 0.6) is 5.75 Å². The molecule has 0 spiro atoms. The Kier molecular flexibility index (Phi) is 4.82. The van der Waals surface area contributed by atoms with Gasteiger partial charge in [-0.3, -0.25) is 0 Å². The SMILES string of the molecule is COC(=O)C(Cc1ccc(O)cc1)N(C)c1ccccc1. The summed E-state index contributed by atoms with van der Waals surface area (Å²) in [5.74, 6) is -0.0702. The van der Waals surface area contributed by atoms with Gasteiger partial charge in [-0.2, -0.15) is 0 Å². The van der Waals surface area contributed by atoms with E-state index >= 15 is 0 Å². The number of anilines is 1. The highest BCUT2D eigenvalue weighted by Gasteiger charge is 2.24. The number of phenols is 1. The van der Waals surface area contributed by atoms with Crippen molar-refractivity contribution in [2.45, 2.75) is 12.5 Å². The fraction of sp³-hybridized carbons (Fsp3) is 0.235. The summed E-state index contributed by atoms with van der Waals surface area (Å²) in [5.41, 5.74) is 1.91. The Hall–Kier alpha value is -2.49. The van der Waals surface area contributed by atoms with Gasteiger partial charge >= 0.3 is 5.97 Å². The number of carbonyl (C=O) groups is 1. The number of aromatic hydroxyl groups is 1. The molecule has 0 saturated carbocycles. The van der Waals surface area contributed by atoms with Crippen LogP contribution in [-0.2, 0) is 16.0 Å². The molecular formula is C17H19NO3. The number of methoxy groups -OCH3 is 1. The van der Waals surface area contributed by atoms with Crippen molar-refractivity contribution in [2.24, 2.45) is 0 Å². The van der Waals surface area contributed by atoms with Crippen molar-refractivity contribution >= 4 is 11.7 Å². The van der Waals surface area contributed by atoms with E-state index in [-0.39, 0.29) is 11.7 Å². The summed E-state index contributed by atoms with van der Waals surface area (Å²) in [5, 5.41) is 9.33. The van der Waals surface area contributed by atoms with E-state index in [1.165, 1.54) is 7.11 Å². The fourth-order valence-electron chi connectivity index (χ4n) is 2.21. The van der Waals surface area contributed by atoms with Crippen molar-refractivity contribution in [1.29, 1.82) is 0 Å². The van der Waals surface area contributed by atoms with Crippen molar-refractivity contribution in [3.8, 4) is 5.75 Å². The van der Waals surface area contributed by atoms with Gasteiger partial charge in [0, 0.05) is 19.2 Å². The van der Waals surface area contributed by atoms with Crippen LogP contribution in [0.4, 0.5) is 5.69 Å². The Morgan fingerprint density at radius 2 is 1.76 bits per heavy atom. The zero-order chi connectivity index (χ0) is 15.2. The minimum Gasteiger partial charge on any atom is -0.508 e. The number of likely N-dealkylation sites (N-methyl/N-ethyl adjacent to an activating group) is 1. The number of para-hydroxylation sites is 1. The average Bonchev–Trinajstić information content (AvgIpc) is 2.54. The summed E-state index contributed by atoms with van der Waals surface area (Å²) in [7, 11) is 3.27. The van der Waals surface area contributed by atoms with E-state index in [1.54, 1.807) is 12.1 Å². The number of ether oxygens (including phenoxy) is 1. The molecule has 0 aromatic heterocycles. The van der Waals surface area contributed by atoms with E-state index in [1.807, 2.05) is 54.4 Å². The fourth-order valence-corrected chi connectivity index (χ4v) is 2.21. The van der Waals surface area contributed by atoms with Gasteiger partial charge in [0.15, 0.2) is 0 Å².